The fourth-order valence-electron chi connectivity index (χ4n) is 2.13. The first-order valence-electron chi connectivity index (χ1n) is 6.57. The monoisotopic (exact) mass is 240 g/mol. The van der Waals surface area contributed by atoms with Crippen molar-refractivity contribution < 1.29 is 0 Å². The summed E-state index contributed by atoms with van der Waals surface area (Å²) in [5.41, 5.74) is 2.61. The Bertz CT molecular complexity index is 546. The molecule has 2 heteroatoms. The van der Waals surface area contributed by atoms with Gasteiger partial charge in [0.15, 0.2) is 0 Å². The molecule has 0 aliphatic carbocycles. The van der Waals surface area contributed by atoms with Crippen LogP contribution in [0, 0.1) is 12.3 Å². The maximum absolute atomic E-state index is 5.33. The Morgan fingerprint density at radius 1 is 1.33 bits per heavy atom. The molecule has 0 spiro atoms. The van der Waals surface area contributed by atoms with Gasteiger partial charge < -0.3 is 9.88 Å². The molecule has 1 N–H and O–H groups in total. The molecule has 2 aromatic rings. The molecular weight excluding hydrogens is 220 g/mol. The maximum atomic E-state index is 5.33. The highest BCUT2D eigenvalue weighted by Gasteiger charge is 2.01. The second kappa shape index (κ2) is 6.28. The second-order valence-corrected chi connectivity index (χ2v) is 4.53. The highest BCUT2D eigenvalue weighted by molar-refractivity contribution is 5.80. The van der Waals surface area contributed by atoms with Gasteiger partial charge in [-0.15, -0.1) is 12.3 Å². The van der Waals surface area contributed by atoms with Crippen molar-refractivity contribution in [3.05, 3.63) is 36.0 Å². The summed E-state index contributed by atoms with van der Waals surface area (Å²) in [6.45, 7) is 5.08. The Balaban J connectivity index is 2.17. The van der Waals surface area contributed by atoms with Crippen LogP contribution in [0.1, 0.15) is 25.3 Å². The Morgan fingerprint density at radius 3 is 3.00 bits per heavy atom. The van der Waals surface area contributed by atoms with Crippen molar-refractivity contribution in [2.45, 2.75) is 32.9 Å². The third-order valence-corrected chi connectivity index (χ3v) is 3.09. The van der Waals surface area contributed by atoms with Gasteiger partial charge in [-0.1, -0.05) is 19.1 Å². The highest BCUT2D eigenvalue weighted by Crippen LogP contribution is 2.18. The molecule has 18 heavy (non-hydrogen) atoms. The van der Waals surface area contributed by atoms with Gasteiger partial charge in [0.1, 0.15) is 0 Å². The summed E-state index contributed by atoms with van der Waals surface area (Å²) in [5, 5.41) is 4.71. The molecule has 1 heterocycles. The largest absolute Gasteiger partial charge is 0.347 e. The zero-order chi connectivity index (χ0) is 12.8. The third kappa shape index (κ3) is 2.94. The number of fused-ring (bicyclic) bond motifs is 1. The summed E-state index contributed by atoms with van der Waals surface area (Å²) in [6.07, 6.45) is 9.39. The predicted octanol–water partition coefficient (Wildman–Crippen LogP) is 3.16. The predicted molar refractivity (Wildman–Crippen MR) is 77.4 cm³/mol. The number of aromatic nitrogens is 1. The molecule has 2 rings (SSSR count). The van der Waals surface area contributed by atoms with Gasteiger partial charge in [-0.05, 0) is 36.0 Å². The lowest BCUT2D eigenvalue weighted by molar-refractivity contribution is 0.675. The summed E-state index contributed by atoms with van der Waals surface area (Å²) in [7, 11) is 0. The Hall–Kier alpha value is -1.72. The van der Waals surface area contributed by atoms with Crippen molar-refractivity contribution >= 4 is 10.9 Å². The number of nitrogens with one attached hydrogen (secondary N) is 1. The van der Waals surface area contributed by atoms with E-state index in [1.54, 1.807) is 0 Å². The first-order valence-corrected chi connectivity index (χ1v) is 6.57. The second-order valence-electron chi connectivity index (χ2n) is 4.53. The molecule has 94 valence electrons. The smallest absolute Gasteiger partial charge is 0.0483 e. The van der Waals surface area contributed by atoms with Crippen LogP contribution in [0.25, 0.3) is 10.9 Å². The summed E-state index contributed by atoms with van der Waals surface area (Å²) in [6, 6.07) is 8.78. The summed E-state index contributed by atoms with van der Waals surface area (Å²) in [5.74, 6) is 2.69. The molecule has 0 amide bonds. The molecule has 1 aromatic carbocycles. The molecule has 1 aromatic heterocycles. The van der Waals surface area contributed by atoms with E-state index in [0.717, 1.165) is 26.1 Å². The van der Waals surface area contributed by atoms with Crippen LogP contribution in [-0.2, 0) is 13.1 Å². The quantitative estimate of drug-likeness (QED) is 0.606. The van der Waals surface area contributed by atoms with Gasteiger partial charge in [-0.25, -0.2) is 0 Å². The van der Waals surface area contributed by atoms with Gasteiger partial charge in [0.25, 0.3) is 0 Å². The van der Waals surface area contributed by atoms with Crippen LogP contribution in [0.3, 0.4) is 0 Å². The molecule has 0 aliphatic heterocycles. The van der Waals surface area contributed by atoms with Crippen molar-refractivity contribution in [1.82, 2.24) is 9.88 Å². The van der Waals surface area contributed by atoms with Gasteiger partial charge in [-0.3, -0.25) is 0 Å². The van der Waals surface area contributed by atoms with E-state index in [0.29, 0.717) is 0 Å². The number of benzene rings is 1. The Kier molecular flexibility index (Phi) is 4.44. The van der Waals surface area contributed by atoms with Crippen LogP contribution >= 0.6 is 0 Å². The standard InChI is InChI=1S/C16H20N2/c1-3-5-10-18-11-8-15-7-6-14(12-16(15)18)13-17-9-4-2/h1,6-8,11-12,17H,4-5,9-10,13H2,2H3. The van der Waals surface area contributed by atoms with E-state index in [1.807, 2.05) is 0 Å². The molecular formula is C16H20N2. The zero-order valence-corrected chi connectivity index (χ0v) is 10.9. The van der Waals surface area contributed by atoms with Crippen LogP contribution in [0.2, 0.25) is 0 Å². The van der Waals surface area contributed by atoms with Crippen molar-refractivity contribution in [1.29, 1.82) is 0 Å². The van der Waals surface area contributed by atoms with E-state index in [-0.39, 0.29) is 0 Å². The third-order valence-electron chi connectivity index (χ3n) is 3.09. The van der Waals surface area contributed by atoms with Gasteiger partial charge in [0.05, 0.1) is 0 Å². The fraction of sp³-hybridized carbons (Fsp3) is 0.375. The van der Waals surface area contributed by atoms with Crippen molar-refractivity contribution in [2.24, 2.45) is 0 Å². The molecule has 0 saturated carbocycles. The highest BCUT2D eigenvalue weighted by atomic mass is 14.9. The average Bonchev–Trinajstić information content (AvgIpc) is 2.79. The number of nitrogens with zero attached hydrogens (tertiary/aromatic N) is 1. The molecule has 0 aliphatic rings. The lowest BCUT2D eigenvalue weighted by Gasteiger charge is -2.06. The first kappa shape index (κ1) is 12.7. The summed E-state index contributed by atoms with van der Waals surface area (Å²) in [4.78, 5) is 0. The fourth-order valence-corrected chi connectivity index (χ4v) is 2.13. The SMILES string of the molecule is C#CCCn1ccc2ccc(CNCCC)cc21. The molecule has 0 saturated heterocycles. The summed E-state index contributed by atoms with van der Waals surface area (Å²) >= 11 is 0. The molecule has 0 atom stereocenters. The van der Waals surface area contributed by atoms with Gasteiger partial charge in [0.2, 0.25) is 0 Å². The van der Waals surface area contributed by atoms with E-state index in [4.69, 9.17) is 6.42 Å². The first-order chi connectivity index (χ1) is 8.85. The summed E-state index contributed by atoms with van der Waals surface area (Å²) < 4.78 is 2.23. The number of terminal acetylenes is 1. The van der Waals surface area contributed by atoms with Crippen LogP contribution in [0.4, 0.5) is 0 Å². The molecule has 0 bridgehead atoms. The van der Waals surface area contributed by atoms with Gasteiger partial charge in [-0.2, -0.15) is 0 Å². The minimum absolute atomic E-state index is 0.780. The van der Waals surface area contributed by atoms with Gasteiger partial charge >= 0.3 is 0 Å². The number of hydrogen-bond acceptors (Lipinski definition) is 1. The van der Waals surface area contributed by atoms with Crippen LogP contribution in [0.5, 0.6) is 0 Å². The maximum Gasteiger partial charge on any atom is 0.0483 e. The molecule has 0 fully saturated rings. The van der Waals surface area contributed by atoms with E-state index >= 15 is 0 Å². The van der Waals surface area contributed by atoms with E-state index in [9.17, 15) is 0 Å². The Morgan fingerprint density at radius 2 is 2.22 bits per heavy atom. The Labute approximate surface area is 109 Å². The lowest BCUT2D eigenvalue weighted by atomic mass is 10.1. The van der Waals surface area contributed by atoms with Crippen LogP contribution in [-0.4, -0.2) is 11.1 Å². The van der Waals surface area contributed by atoms with Crippen LogP contribution < -0.4 is 5.32 Å². The van der Waals surface area contributed by atoms with E-state index < -0.39 is 0 Å². The van der Waals surface area contributed by atoms with Crippen molar-refractivity contribution in [2.75, 3.05) is 6.54 Å². The average molecular weight is 240 g/mol. The lowest BCUT2D eigenvalue weighted by Crippen LogP contribution is -2.13. The zero-order valence-electron chi connectivity index (χ0n) is 10.9. The molecule has 2 nitrogen and oxygen atoms in total. The van der Waals surface area contributed by atoms with Crippen LogP contribution in [0.15, 0.2) is 30.5 Å². The molecule has 0 unspecified atom stereocenters. The number of aryl methyl sites for hydroxylation is 1. The number of hydrogen-bond donors (Lipinski definition) is 1. The molecule has 0 radical (unpaired) electrons. The minimum atomic E-state index is 0.780. The number of rotatable bonds is 6. The minimum Gasteiger partial charge on any atom is -0.347 e. The van der Waals surface area contributed by atoms with E-state index in [1.165, 1.54) is 22.9 Å². The van der Waals surface area contributed by atoms with Crippen molar-refractivity contribution in [3.63, 3.8) is 0 Å². The normalized spacial score (nSPS) is 10.7. The topological polar surface area (TPSA) is 17.0 Å². The van der Waals surface area contributed by atoms with E-state index in [2.05, 4.69) is 53.2 Å². The van der Waals surface area contributed by atoms with Crippen molar-refractivity contribution in [3.8, 4) is 12.3 Å². The van der Waals surface area contributed by atoms with Gasteiger partial charge in [0, 0.05) is 31.2 Å².